The molecule has 1 aromatic carbocycles. The predicted octanol–water partition coefficient (Wildman–Crippen LogP) is 2.25. The summed E-state index contributed by atoms with van der Waals surface area (Å²) in [5.74, 6) is -1.29. The van der Waals surface area contributed by atoms with Crippen LogP contribution in [-0.2, 0) is 9.59 Å². The lowest BCUT2D eigenvalue weighted by atomic mass is 9.71. The summed E-state index contributed by atoms with van der Waals surface area (Å²) in [5.41, 5.74) is 3.83. The number of rotatable bonds is 4. The van der Waals surface area contributed by atoms with Gasteiger partial charge >= 0.3 is 0 Å². The molecule has 0 aromatic heterocycles. The smallest absolute Gasteiger partial charge is 0.269 e. The molecular formula is C21H28N4O5. The number of hydrogen-bond acceptors (Lipinski definition) is 6. The summed E-state index contributed by atoms with van der Waals surface area (Å²) in [6.45, 7) is 4.22. The molecule has 1 spiro atoms. The number of anilines is 1. The third-order valence-electron chi connectivity index (χ3n) is 7.17. The summed E-state index contributed by atoms with van der Waals surface area (Å²) in [6.07, 6.45) is 4.56. The van der Waals surface area contributed by atoms with Crippen LogP contribution in [0.3, 0.4) is 0 Å². The number of hydroxylamine groups is 1. The number of hydrogen-bond donors (Lipinski definition) is 2. The second-order valence-electron chi connectivity index (χ2n) is 8.97. The Kier molecular flexibility index (Phi) is 5.40. The van der Waals surface area contributed by atoms with Crippen molar-refractivity contribution in [2.24, 2.45) is 17.3 Å². The van der Waals surface area contributed by atoms with Crippen molar-refractivity contribution >= 4 is 23.2 Å². The lowest BCUT2D eigenvalue weighted by Crippen LogP contribution is -2.53. The lowest BCUT2D eigenvalue weighted by Gasteiger charge is -2.41. The van der Waals surface area contributed by atoms with Gasteiger partial charge in [0.25, 0.3) is 5.69 Å². The maximum atomic E-state index is 13.2. The maximum Gasteiger partial charge on any atom is 0.269 e. The van der Waals surface area contributed by atoms with Crippen LogP contribution >= 0.6 is 0 Å². The van der Waals surface area contributed by atoms with E-state index >= 15 is 0 Å². The van der Waals surface area contributed by atoms with Gasteiger partial charge in [0.05, 0.1) is 10.8 Å². The number of amides is 2. The van der Waals surface area contributed by atoms with Crippen LogP contribution in [0.1, 0.15) is 37.7 Å². The van der Waals surface area contributed by atoms with E-state index < -0.39 is 16.7 Å². The van der Waals surface area contributed by atoms with E-state index in [9.17, 15) is 19.7 Å². The summed E-state index contributed by atoms with van der Waals surface area (Å²) >= 11 is 0. The van der Waals surface area contributed by atoms with Crippen molar-refractivity contribution in [2.75, 3.05) is 31.1 Å². The molecule has 1 saturated heterocycles. The number of nitro benzene ring substituents is 1. The quantitative estimate of drug-likeness (QED) is 0.442. The van der Waals surface area contributed by atoms with Gasteiger partial charge in [-0.3, -0.25) is 24.9 Å². The van der Waals surface area contributed by atoms with Crippen LogP contribution in [0.2, 0.25) is 0 Å². The van der Waals surface area contributed by atoms with Crippen molar-refractivity contribution in [2.45, 2.75) is 39.0 Å². The predicted molar refractivity (Wildman–Crippen MR) is 109 cm³/mol. The standard InChI is InChI=1S/C21H28N4O5/c1-14-12-15(25(29)30)2-3-18(14)23-8-10-24(11-9-23)20(27)16-4-5-21(6-7-21)13-17(16)19(26)22-28/h2-3,12,16-17,28H,4-11,13H2,1H3,(H,22,26). The molecular weight excluding hydrogens is 388 g/mol. The van der Waals surface area contributed by atoms with Crippen LogP contribution in [0.5, 0.6) is 0 Å². The first kappa shape index (κ1) is 20.6. The maximum absolute atomic E-state index is 13.2. The minimum absolute atomic E-state index is 0.000767. The molecule has 3 aliphatic rings. The van der Waals surface area contributed by atoms with E-state index in [1.807, 2.05) is 11.8 Å². The third kappa shape index (κ3) is 3.86. The van der Waals surface area contributed by atoms with Crippen LogP contribution in [0.15, 0.2) is 18.2 Å². The van der Waals surface area contributed by atoms with Gasteiger partial charge in [0.15, 0.2) is 0 Å². The highest BCUT2D eigenvalue weighted by Gasteiger charge is 2.52. The van der Waals surface area contributed by atoms with E-state index in [1.165, 1.54) is 6.07 Å². The molecule has 2 aliphatic carbocycles. The van der Waals surface area contributed by atoms with E-state index in [4.69, 9.17) is 5.21 Å². The van der Waals surface area contributed by atoms with Gasteiger partial charge in [-0.25, -0.2) is 5.48 Å². The molecule has 9 heteroatoms. The number of non-ortho nitro benzene ring substituents is 1. The molecule has 1 aromatic rings. The fourth-order valence-corrected chi connectivity index (χ4v) is 5.17. The van der Waals surface area contributed by atoms with E-state index in [1.54, 1.807) is 17.6 Å². The molecule has 3 fully saturated rings. The molecule has 2 amide bonds. The van der Waals surface area contributed by atoms with Crippen LogP contribution in [0.4, 0.5) is 11.4 Å². The second-order valence-corrected chi connectivity index (χ2v) is 8.97. The molecule has 2 unspecified atom stereocenters. The number of carbonyl (C=O) groups excluding carboxylic acids is 2. The molecule has 162 valence electrons. The highest BCUT2D eigenvalue weighted by atomic mass is 16.6. The average Bonchev–Trinajstić information content (AvgIpc) is 3.51. The Labute approximate surface area is 175 Å². The zero-order valence-corrected chi connectivity index (χ0v) is 17.2. The van der Waals surface area contributed by atoms with Crippen LogP contribution in [-0.4, -0.2) is 53.0 Å². The molecule has 0 radical (unpaired) electrons. The van der Waals surface area contributed by atoms with Gasteiger partial charge in [-0.15, -0.1) is 0 Å². The van der Waals surface area contributed by atoms with E-state index in [0.717, 1.165) is 30.5 Å². The van der Waals surface area contributed by atoms with Crippen molar-refractivity contribution in [3.63, 3.8) is 0 Å². The Morgan fingerprint density at radius 3 is 2.43 bits per heavy atom. The number of benzene rings is 1. The summed E-state index contributed by atoms with van der Waals surface area (Å²) in [7, 11) is 0. The van der Waals surface area contributed by atoms with Crippen LogP contribution in [0.25, 0.3) is 0 Å². The van der Waals surface area contributed by atoms with Crippen molar-refractivity contribution in [3.05, 3.63) is 33.9 Å². The topological polar surface area (TPSA) is 116 Å². The van der Waals surface area contributed by atoms with Gasteiger partial charge in [0.2, 0.25) is 11.8 Å². The van der Waals surface area contributed by atoms with Gasteiger partial charge < -0.3 is 9.80 Å². The number of nitrogens with one attached hydrogen (secondary N) is 1. The number of aryl methyl sites for hydroxylation is 1. The molecule has 1 aliphatic heterocycles. The second kappa shape index (κ2) is 7.86. The van der Waals surface area contributed by atoms with Gasteiger partial charge in [-0.05, 0) is 56.1 Å². The van der Waals surface area contributed by atoms with Gasteiger partial charge in [0, 0.05) is 49.9 Å². The fourth-order valence-electron chi connectivity index (χ4n) is 5.17. The van der Waals surface area contributed by atoms with E-state index in [0.29, 0.717) is 39.0 Å². The Balaban J connectivity index is 1.40. The molecule has 2 N–H and O–H groups in total. The normalized spacial score (nSPS) is 25.1. The molecule has 9 nitrogen and oxygen atoms in total. The Morgan fingerprint density at radius 1 is 1.17 bits per heavy atom. The molecule has 0 bridgehead atoms. The fraction of sp³-hybridized carbons (Fsp3) is 0.619. The summed E-state index contributed by atoms with van der Waals surface area (Å²) < 4.78 is 0. The number of carbonyl (C=O) groups is 2. The van der Waals surface area contributed by atoms with Crippen molar-refractivity contribution in [1.29, 1.82) is 0 Å². The van der Waals surface area contributed by atoms with Gasteiger partial charge in [-0.2, -0.15) is 0 Å². The average molecular weight is 416 g/mol. The Hall–Kier alpha value is -2.68. The van der Waals surface area contributed by atoms with E-state index in [2.05, 4.69) is 4.90 Å². The largest absolute Gasteiger partial charge is 0.368 e. The minimum Gasteiger partial charge on any atom is -0.368 e. The number of nitrogens with zero attached hydrogens (tertiary/aromatic N) is 3. The monoisotopic (exact) mass is 416 g/mol. The first-order valence-electron chi connectivity index (χ1n) is 10.6. The summed E-state index contributed by atoms with van der Waals surface area (Å²) in [6, 6.07) is 4.84. The van der Waals surface area contributed by atoms with Crippen LogP contribution < -0.4 is 10.4 Å². The zero-order chi connectivity index (χ0) is 21.5. The first-order valence-corrected chi connectivity index (χ1v) is 10.6. The third-order valence-corrected chi connectivity index (χ3v) is 7.17. The van der Waals surface area contributed by atoms with Gasteiger partial charge in [-0.1, -0.05) is 0 Å². The molecule has 2 saturated carbocycles. The van der Waals surface area contributed by atoms with Crippen molar-refractivity contribution in [3.8, 4) is 0 Å². The molecule has 1 heterocycles. The molecule has 30 heavy (non-hydrogen) atoms. The number of nitro groups is 1. The minimum atomic E-state index is -0.464. The summed E-state index contributed by atoms with van der Waals surface area (Å²) in [5, 5.41) is 20.1. The zero-order valence-electron chi connectivity index (χ0n) is 17.2. The lowest BCUT2D eigenvalue weighted by molar-refractivity contribution is -0.384. The highest BCUT2D eigenvalue weighted by molar-refractivity contribution is 5.87. The summed E-state index contributed by atoms with van der Waals surface area (Å²) in [4.78, 5) is 40.0. The first-order chi connectivity index (χ1) is 14.3. The molecule has 4 rings (SSSR count). The van der Waals surface area contributed by atoms with Crippen molar-refractivity contribution in [1.82, 2.24) is 10.4 Å². The van der Waals surface area contributed by atoms with Crippen molar-refractivity contribution < 1.29 is 19.7 Å². The number of piperazine rings is 1. The Morgan fingerprint density at radius 2 is 1.87 bits per heavy atom. The molecule has 2 atom stereocenters. The van der Waals surface area contributed by atoms with Gasteiger partial charge in [0.1, 0.15) is 0 Å². The van der Waals surface area contributed by atoms with E-state index in [-0.39, 0.29) is 22.9 Å². The van der Waals surface area contributed by atoms with Crippen LogP contribution in [0, 0.1) is 34.3 Å². The highest BCUT2D eigenvalue weighted by Crippen LogP contribution is 2.59. The Bertz CT molecular complexity index is 861. The SMILES string of the molecule is Cc1cc([N+](=O)[O-])ccc1N1CCN(C(=O)C2CCC3(CC3)CC2C(=O)NO)CC1.